The minimum atomic E-state index is -3.50. The van der Waals surface area contributed by atoms with Crippen LogP contribution in [0.15, 0.2) is 77.7 Å². The van der Waals surface area contributed by atoms with E-state index in [-0.39, 0.29) is 17.3 Å². The molecule has 0 saturated heterocycles. The van der Waals surface area contributed by atoms with Crippen LogP contribution in [0.25, 0.3) is 11.1 Å². The molecule has 0 unspecified atom stereocenters. The molecular weight excluding hydrogens is 400 g/mol. The molecule has 7 heteroatoms. The first kappa shape index (κ1) is 21.4. The van der Waals surface area contributed by atoms with Crippen LogP contribution in [0.5, 0.6) is 5.75 Å². The fourth-order valence-corrected chi connectivity index (χ4v) is 3.91. The van der Waals surface area contributed by atoms with E-state index in [9.17, 15) is 13.2 Å². The van der Waals surface area contributed by atoms with Crippen LogP contribution in [0.4, 0.5) is 11.4 Å². The van der Waals surface area contributed by atoms with Crippen LogP contribution in [0, 0.1) is 0 Å². The van der Waals surface area contributed by atoms with Gasteiger partial charge in [0.25, 0.3) is 0 Å². The van der Waals surface area contributed by atoms with Crippen LogP contribution in [0.2, 0.25) is 0 Å². The summed E-state index contributed by atoms with van der Waals surface area (Å²) in [5.74, 6) is 0.177. The van der Waals surface area contributed by atoms with Gasteiger partial charge < -0.3 is 15.4 Å². The maximum absolute atomic E-state index is 12.6. The van der Waals surface area contributed by atoms with Gasteiger partial charge in [-0.3, -0.25) is 4.79 Å². The number of carbonyl (C=O) groups excluding carboxylic acids is 1. The second-order valence-corrected chi connectivity index (χ2v) is 8.66. The molecule has 3 aromatic carbocycles. The molecule has 0 aliphatic rings. The van der Waals surface area contributed by atoms with E-state index in [1.54, 1.807) is 12.1 Å². The number of benzene rings is 3. The van der Waals surface area contributed by atoms with E-state index in [2.05, 4.69) is 10.6 Å². The minimum Gasteiger partial charge on any atom is -0.494 e. The average molecular weight is 425 g/mol. The van der Waals surface area contributed by atoms with Crippen LogP contribution < -0.4 is 15.4 Å². The molecule has 0 bridgehead atoms. The molecule has 0 aliphatic carbocycles. The maximum Gasteiger partial charge on any atom is 0.243 e. The molecule has 156 valence electrons. The topological polar surface area (TPSA) is 84.5 Å². The summed E-state index contributed by atoms with van der Waals surface area (Å²) in [6, 6.07) is 22.0. The Morgan fingerprint density at radius 3 is 2.33 bits per heavy atom. The van der Waals surface area contributed by atoms with Gasteiger partial charge in [0.05, 0.1) is 23.7 Å². The van der Waals surface area contributed by atoms with Crippen molar-refractivity contribution in [2.24, 2.45) is 0 Å². The molecule has 0 atom stereocenters. The number of amides is 1. The van der Waals surface area contributed by atoms with Gasteiger partial charge in [-0.25, -0.2) is 8.42 Å². The van der Waals surface area contributed by atoms with Gasteiger partial charge in [-0.15, -0.1) is 0 Å². The van der Waals surface area contributed by atoms with Crippen molar-refractivity contribution in [3.8, 4) is 16.9 Å². The zero-order valence-electron chi connectivity index (χ0n) is 16.9. The zero-order valence-corrected chi connectivity index (χ0v) is 17.7. The number of ether oxygens (including phenoxy) is 1. The van der Waals surface area contributed by atoms with Gasteiger partial charge in [0.2, 0.25) is 5.91 Å². The van der Waals surface area contributed by atoms with Gasteiger partial charge in [-0.2, -0.15) is 0 Å². The molecule has 0 aromatic heterocycles. The lowest BCUT2D eigenvalue weighted by Gasteiger charge is -2.14. The molecule has 0 saturated carbocycles. The number of nitrogens with one attached hydrogen (secondary N) is 2. The fourth-order valence-electron chi connectivity index (χ4n) is 3.04. The highest BCUT2D eigenvalue weighted by molar-refractivity contribution is 7.90. The number of carbonyl (C=O) groups is 1. The molecule has 0 spiro atoms. The van der Waals surface area contributed by atoms with Crippen molar-refractivity contribution < 1.29 is 17.9 Å². The summed E-state index contributed by atoms with van der Waals surface area (Å²) in [6.07, 6.45) is 1.12. The van der Waals surface area contributed by atoms with Gasteiger partial charge in [-0.1, -0.05) is 48.5 Å². The van der Waals surface area contributed by atoms with Crippen LogP contribution in [0.1, 0.15) is 6.92 Å². The Kier molecular flexibility index (Phi) is 6.74. The normalized spacial score (nSPS) is 11.0. The van der Waals surface area contributed by atoms with Crippen molar-refractivity contribution in [2.45, 2.75) is 11.8 Å². The maximum atomic E-state index is 12.6. The summed E-state index contributed by atoms with van der Waals surface area (Å²) < 4.78 is 29.7. The third-order valence-electron chi connectivity index (χ3n) is 4.39. The molecule has 6 nitrogen and oxygen atoms in total. The van der Waals surface area contributed by atoms with Gasteiger partial charge in [0, 0.05) is 23.6 Å². The molecule has 30 heavy (non-hydrogen) atoms. The highest BCUT2D eigenvalue weighted by atomic mass is 32.2. The number of anilines is 2. The third kappa shape index (κ3) is 5.39. The average Bonchev–Trinajstić information content (AvgIpc) is 2.73. The number of hydrogen-bond donors (Lipinski definition) is 2. The summed E-state index contributed by atoms with van der Waals surface area (Å²) in [7, 11) is -3.50. The van der Waals surface area contributed by atoms with Gasteiger partial charge in [-0.05, 0) is 30.7 Å². The van der Waals surface area contributed by atoms with E-state index < -0.39 is 9.84 Å². The predicted octanol–water partition coefficient (Wildman–Crippen LogP) is 4.21. The number of hydrogen-bond acceptors (Lipinski definition) is 5. The second-order valence-electron chi connectivity index (χ2n) is 6.68. The molecule has 0 aliphatic heterocycles. The van der Waals surface area contributed by atoms with Crippen molar-refractivity contribution in [3.05, 3.63) is 72.8 Å². The molecule has 0 fully saturated rings. The zero-order chi connectivity index (χ0) is 21.6. The lowest BCUT2D eigenvalue weighted by molar-refractivity contribution is -0.114. The number of rotatable bonds is 8. The SMILES string of the molecule is CCOc1ccc(NCC(=O)Nc2ccccc2-c2ccccc2)c(S(C)(=O)=O)c1. The Morgan fingerprint density at radius 1 is 0.933 bits per heavy atom. The lowest BCUT2D eigenvalue weighted by Crippen LogP contribution is -2.22. The molecule has 1 amide bonds. The third-order valence-corrected chi connectivity index (χ3v) is 5.53. The van der Waals surface area contributed by atoms with Crippen molar-refractivity contribution >= 4 is 27.1 Å². The molecule has 0 radical (unpaired) electrons. The van der Waals surface area contributed by atoms with Crippen molar-refractivity contribution in [1.29, 1.82) is 0 Å². The van der Waals surface area contributed by atoms with Crippen molar-refractivity contribution in [2.75, 3.05) is 30.0 Å². The van der Waals surface area contributed by atoms with Gasteiger partial charge in [0.1, 0.15) is 5.75 Å². The Labute approximate surface area is 176 Å². The summed E-state index contributed by atoms with van der Waals surface area (Å²) in [5, 5.41) is 5.82. The molecule has 3 rings (SSSR count). The Morgan fingerprint density at radius 2 is 1.63 bits per heavy atom. The summed E-state index contributed by atoms with van der Waals surface area (Å²) in [5.41, 5.74) is 2.94. The Hall–Kier alpha value is -3.32. The highest BCUT2D eigenvalue weighted by Crippen LogP contribution is 2.28. The number of para-hydroxylation sites is 1. The van der Waals surface area contributed by atoms with Crippen LogP contribution >= 0.6 is 0 Å². The fraction of sp³-hybridized carbons (Fsp3) is 0.174. The van der Waals surface area contributed by atoms with Gasteiger partial charge in [0.15, 0.2) is 9.84 Å². The van der Waals surface area contributed by atoms with E-state index >= 15 is 0 Å². The first-order valence-corrected chi connectivity index (χ1v) is 11.4. The summed E-state index contributed by atoms with van der Waals surface area (Å²) >= 11 is 0. The predicted molar refractivity (Wildman–Crippen MR) is 120 cm³/mol. The molecule has 0 heterocycles. The summed E-state index contributed by atoms with van der Waals surface area (Å²) in [4.78, 5) is 12.6. The van der Waals surface area contributed by atoms with E-state index in [1.165, 1.54) is 6.07 Å². The second kappa shape index (κ2) is 9.45. The van der Waals surface area contributed by atoms with Gasteiger partial charge >= 0.3 is 0 Å². The monoisotopic (exact) mass is 424 g/mol. The first-order chi connectivity index (χ1) is 14.4. The summed E-state index contributed by atoms with van der Waals surface area (Å²) in [6.45, 7) is 2.17. The minimum absolute atomic E-state index is 0.0837. The smallest absolute Gasteiger partial charge is 0.243 e. The first-order valence-electron chi connectivity index (χ1n) is 9.53. The quantitative estimate of drug-likeness (QED) is 0.566. The Bertz CT molecular complexity index is 1130. The van der Waals surface area contributed by atoms with Crippen molar-refractivity contribution in [1.82, 2.24) is 0 Å². The lowest BCUT2D eigenvalue weighted by atomic mass is 10.0. The molecule has 2 N–H and O–H groups in total. The largest absolute Gasteiger partial charge is 0.494 e. The van der Waals surface area contributed by atoms with Crippen LogP contribution in [0.3, 0.4) is 0 Å². The van der Waals surface area contributed by atoms with Crippen molar-refractivity contribution in [3.63, 3.8) is 0 Å². The molecule has 3 aromatic rings. The van der Waals surface area contributed by atoms with E-state index in [0.717, 1.165) is 17.4 Å². The van der Waals surface area contributed by atoms with Crippen LogP contribution in [-0.2, 0) is 14.6 Å². The standard InChI is InChI=1S/C23H24N2O4S/c1-3-29-18-13-14-21(22(15-18)30(2,27)28)24-16-23(26)25-20-12-8-7-11-19(20)17-9-5-4-6-10-17/h4-15,24H,3,16H2,1-2H3,(H,25,26). The van der Waals surface area contributed by atoms with Crippen LogP contribution in [-0.4, -0.2) is 33.7 Å². The number of sulfone groups is 1. The molecular formula is C23H24N2O4S. The van der Waals surface area contributed by atoms with E-state index in [0.29, 0.717) is 23.7 Å². The van der Waals surface area contributed by atoms with E-state index in [4.69, 9.17) is 4.74 Å². The highest BCUT2D eigenvalue weighted by Gasteiger charge is 2.16. The Balaban J connectivity index is 1.75. The van der Waals surface area contributed by atoms with E-state index in [1.807, 2.05) is 61.5 Å².